The maximum absolute atomic E-state index is 6.03. The van der Waals surface area contributed by atoms with Crippen LogP contribution in [0.4, 0.5) is 0 Å². The molecule has 2 heterocycles. The minimum atomic E-state index is 0.0674. The van der Waals surface area contributed by atoms with Gasteiger partial charge in [-0.15, -0.1) is 11.3 Å². The van der Waals surface area contributed by atoms with Gasteiger partial charge in [-0.3, -0.25) is 4.90 Å². The third-order valence-electron chi connectivity index (χ3n) is 5.00. The molecule has 0 amide bonds. The molecular weight excluding hydrogens is 340 g/mol. The summed E-state index contributed by atoms with van der Waals surface area (Å²) in [5, 5.41) is 3.23. The van der Waals surface area contributed by atoms with Crippen molar-refractivity contribution in [2.24, 2.45) is 0 Å². The highest BCUT2D eigenvalue weighted by molar-refractivity contribution is 7.10. The second-order valence-electron chi connectivity index (χ2n) is 6.95. The molecule has 0 saturated carbocycles. The molecule has 0 bridgehead atoms. The SMILES string of the molecule is Cc1ccc(-c2csc(C3CN(Cc4ccccc4)CCO3)n2)cc1C. The summed E-state index contributed by atoms with van der Waals surface area (Å²) in [6.45, 7) is 7.89. The predicted octanol–water partition coefficient (Wildman–Crippen LogP) is 5.00. The van der Waals surface area contributed by atoms with E-state index in [0.29, 0.717) is 0 Å². The molecular formula is C22H24N2OS. The van der Waals surface area contributed by atoms with Crippen LogP contribution in [0, 0.1) is 13.8 Å². The highest BCUT2D eigenvalue weighted by Gasteiger charge is 2.24. The molecule has 0 radical (unpaired) electrons. The molecule has 1 aliphatic heterocycles. The summed E-state index contributed by atoms with van der Waals surface area (Å²) in [6, 6.07) is 17.2. The van der Waals surface area contributed by atoms with Gasteiger partial charge in [0.2, 0.25) is 0 Å². The molecule has 0 N–H and O–H groups in total. The lowest BCUT2D eigenvalue weighted by Crippen LogP contribution is -2.37. The van der Waals surface area contributed by atoms with Gasteiger partial charge in [0.1, 0.15) is 11.1 Å². The van der Waals surface area contributed by atoms with Crippen molar-refractivity contribution in [1.82, 2.24) is 9.88 Å². The van der Waals surface area contributed by atoms with Gasteiger partial charge >= 0.3 is 0 Å². The highest BCUT2D eigenvalue weighted by Crippen LogP contribution is 2.30. The van der Waals surface area contributed by atoms with E-state index in [2.05, 4.69) is 72.7 Å². The number of morpholine rings is 1. The molecule has 1 aliphatic rings. The Labute approximate surface area is 159 Å². The van der Waals surface area contributed by atoms with E-state index in [1.165, 1.54) is 22.3 Å². The lowest BCUT2D eigenvalue weighted by Gasteiger charge is -2.32. The van der Waals surface area contributed by atoms with Crippen molar-refractivity contribution in [2.75, 3.05) is 19.7 Å². The Morgan fingerprint density at radius 1 is 1.12 bits per heavy atom. The first kappa shape index (κ1) is 17.4. The number of hydrogen-bond donors (Lipinski definition) is 0. The lowest BCUT2D eigenvalue weighted by atomic mass is 10.1. The van der Waals surface area contributed by atoms with Gasteiger partial charge in [-0.2, -0.15) is 0 Å². The second-order valence-corrected chi connectivity index (χ2v) is 7.84. The molecule has 1 atom stereocenters. The van der Waals surface area contributed by atoms with Gasteiger partial charge in [-0.25, -0.2) is 4.98 Å². The Balaban J connectivity index is 1.47. The Morgan fingerprint density at radius 2 is 1.96 bits per heavy atom. The number of aromatic nitrogens is 1. The summed E-state index contributed by atoms with van der Waals surface area (Å²) in [5.41, 5.74) is 6.21. The first-order chi connectivity index (χ1) is 12.7. The van der Waals surface area contributed by atoms with Crippen LogP contribution >= 0.6 is 11.3 Å². The smallest absolute Gasteiger partial charge is 0.124 e. The molecule has 26 heavy (non-hydrogen) atoms. The number of rotatable bonds is 4. The lowest BCUT2D eigenvalue weighted by molar-refractivity contribution is -0.0329. The zero-order valence-corrected chi connectivity index (χ0v) is 16.1. The van der Waals surface area contributed by atoms with Crippen molar-refractivity contribution < 1.29 is 4.74 Å². The van der Waals surface area contributed by atoms with Crippen molar-refractivity contribution in [2.45, 2.75) is 26.5 Å². The fraction of sp³-hybridized carbons (Fsp3) is 0.318. The quantitative estimate of drug-likeness (QED) is 0.651. The maximum Gasteiger partial charge on any atom is 0.124 e. The molecule has 134 valence electrons. The van der Waals surface area contributed by atoms with E-state index in [-0.39, 0.29) is 6.10 Å². The molecule has 1 aromatic heterocycles. The standard InChI is InChI=1S/C22H24N2OS/c1-16-8-9-19(12-17(16)2)20-15-26-22(23-20)21-14-24(10-11-25-21)13-18-6-4-3-5-7-18/h3-9,12,15,21H,10-11,13-14H2,1-2H3. The van der Waals surface area contributed by atoms with Crippen LogP contribution in [0.15, 0.2) is 53.9 Å². The van der Waals surface area contributed by atoms with Crippen LogP contribution in [-0.2, 0) is 11.3 Å². The van der Waals surface area contributed by atoms with Crippen LogP contribution in [0.2, 0.25) is 0 Å². The van der Waals surface area contributed by atoms with Crippen LogP contribution in [0.3, 0.4) is 0 Å². The number of thiazole rings is 1. The predicted molar refractivity (Wildman–Crippen MR) is 107 cm³/mol. The summed E-state index contributed by atoms with van der Waals surface area (Å²) < 4.78 is 6.03. The largest absolute Gasteiger partial charge is 0.368 e. The normalized spacial score (nSPS) is 18.2. The molecule has 0 aliphatic carbocycles. The summed E-state index contributed by atoms with van der Waals surface area (Å²) in [4.78, 5) is 7.34. The van der Waals surface area contributed by atoms with Crippen molar-refractivity contribution in [1.29, 1.82) is 0 Å². The minimum Gasteiger partial charge on any atom is -0.368 e. The monoisotopic (exact) mass is 364 g/mol. The Hall–Kier alpha value is -2.01. The topological polar surface area (TPSA) is 25.4 Å². The van der Waals surface area contributed by atoms with E-state index < -0.39 is 0 Å². The van der Waals surface area contributed by atoms with Crippen LogP contribution in [-0.4, -0.2) is 29.6 Å². The summed E-state index contributed by atoms with van der Waals surface area (Å²) in [5.74, 6) is 0. The number of aryl methyl sites for hydroxylation is 2. The van der Waals surface area contributed by atoms with E-state index in [9.17, 15) is 0 Å². The highest BCUT2D eigenvalue weighted by atomic mass is 32.1. The Bertz CT molecular complexity index is 875. The minimum absolute atomic E-state index is 0.0674. The molecule has 1 unspecified atom stereocenters. The first-order valence-corrected chi connectivity index (χ1v) is 9.98. The first-order valence-electron chi connectivity index (χ1n) is 9.10. The van der Waals surface area contributed by atoms with E-state index in [1.807, 2.05) is 0 Å². The summed E-state index contributed by atoms with van der Waals surface area (Å²) in [6.07, 6.45) is 0.0674. The van der Waals surface area contributed by atoms with E-state index >= 15 is 0 Å². The molecule has 4 rings (SSSR count). The summed E-state index contributed by atoms with van der Waals surface area (Å²) >= 11 is 1.71. The van der Waals surface area contributed by atoms with Gasteiger partial charge in [0, 0.05) is 30.6 Å². The molecule has 1 saturated heterocycles. The van der Waals surface area contributed by atoms with Gasteiger partial charge < -0.3 is 4.74 Å². The van der Waals surface area contributed by atoms with Crippen LogP contribution in [0.1, 0.15) is 27.8 Å². The number of benzene rings is 2. The molecule has 1 fully saturated rings. The van der Waals surface area contributed by atoms with E-state index in [1.54, 1.807) is 11.3 Å². The average molecular weight is 365 g/mol. The van der Waals surface area contributed by atoms with Gasteiger partial charge in [0.05, 0.1) is 12.3 Å². The van der Waals surface area contributed by atoms with Crippen molar-refractivity contribution >= 4 is 11.3 Å². The van der Waals surface area contributed by atoms with Crippen molar-refractivity contribution in [3.8, 4) is 11.3 Å². The van der Waals surface area contributed by atoms with Crippen molar-refractivity contribution in [3.05, 3.63) is 75.6 Å². The van der Waals surface area contributed by atoms with Gasteiger partial charge in [0.25, 0.3) is 0 Å². The van der Waals surface area contributed by atoms with Crippen LogP contribution in [0.5, 0.6) is 0 Å². The molecule has 2 aromatic carbocycles. The Morgan fingerprint density at radius 3 is 2.77 bits per heavy atom. The second kappa shape index (κ2) is 7.70. The molecule has 0 spiro atoms. The van der Waals surface area contributed by atoms with Gasteiger partial charge in [-0.05, 0) is 36.6 Å². The maximum atomic E-state index is 6.03. The van der Waals surface area contributed by atoms with Gasteiger partial charge in [-0.1, -0.05) is 42.5 Å². The zero-order valence-electron chi connectivity index (χ0n) is 15.3. The molecule has 3 nitrogen and oxygen atoms in total. The van der Waals surface area contributed by atoms with Crippen LogP contribution < -0.4 is 0 Å². The molecule has 3 aromatic rings. The fourth-order valence-corrected chi connectivity index (χ4v) is 4.17. The third kappa shape index (κ3) is 3.88. The fourth-order valence-electron chi connectivity index (χ4n) is 3.31. The molecule has 4 heteroatoms. The third-order valence-corrected chi connectivity index (χ3v) is 5.94. The van der Waals surface area contributed by atoms with E-state index in [0.717, 1.165) is 36.9 Å². The number of ether oxygens (including phenoxy) is 1. The van der Waals surface area contributed by atoms with Crippen molar-refractivity contribution in [3.63, 3.8) is 0 Å². The average Bonchev–Trinajstić information content (AvgIpc) is 3.15. The van der Waals surface area contributed by atoms with E-state index in [4.69, 9.17) is 9.72 Å². The Kier molecular flexibility index (Phi) is 5.16. The van der Waals surface area contributed by atoms with Gasteiger partial charge in [0.15, 0.2) is 0 Å². The number of nitrogens with zero attached hydrogens (tertiary/aromatic N) is 2. The van der Waals surface area contributed by atoms with Crippen LogP contribution in [0.25, 0.3) is 11.3 Å². The zero-order chi connectivity index (χ0) is 17.9. The summed E-state index contributed by atoms with van der Waals surface area (Å²) in [7, 11) is 0. The number of hydrogen-bond acceptors (Lipinski definition) is 4.